The van der Waals surface area contributed by atoms with Crippen LogP contribution in [0, 0.1) is 12.8 Å². The van der Waals surface area contributed by atoms with E-state index < -0.39 is 5.97 Å². The van der Waals surface area contributed by atoms with Gasteiger partial charge in [0.25, 0.3) is 0 Å². The molecular weight excluding hydrogens is 228 g/mol. The lowest BCUT2D eigenvalue weighted by Gasteiger charge is -2.32. The fourth-order valence-corrected chi connectivity index (χ4v) is 2.61. The Morgan fingerprint density at radius 2 is 2.11 bits per heavy atom. The second kappa shape index (κ2) is 4.56. The minimum Gasteiger partial charge on any atom is -0.393 e. The molecule has 1 aromatic carbocycles. The standard InChI is InChI=1S/C15H18O3/c1-4-15(3,11-7-5-6-10(2)8-11)12-9-13(16)18-14(12)17/h5-8,12H,4,9H2,1-3H3. The van der Waals surface area contributed by atoms with Gasteiger partial charge in [0.1, 0.15) is 0 Å². The molecule has 0 N–H and O–H groups in total. The summed E-state index contributed by atoms with van der Waals surface area (Å²) >= 11 is 0. The highest BCUT2D eigenvalue weighted by Crippen LogP contribution is 2.40. The summed E-state index contributed by atoms with van der Waals surface area (Å²) in [6, 6.07) is 8.12. The fourth-order valence-electron chi connectivity index (χ4n) is 2.61. The van der Waals surface area contributed by atoms with Crippen molar-refractivity contribution in [2.24, 2.45) is 5.92 Å². The molecule has 1 saturated heterocycles. The van der Waals surface area contributed by atoms with Crippen LogP contribution in [-0.2, 0) is 19.7 Å². The van der Waals surface area contributed by atoms with Gasteiger partial charge in [-0.2, -0.15) is 0 Å². The lowest BCUT2D eigenvalue weighted by molar-refractivity contribution is -0.153. The highest BCUT2D eigenvalue weighted by molar-refractivity contribution is 5.95. The van der Waals surface area contributed by atoms with E-state index in [2.05, 4.69) is 6.07 Å². The summed E-state index contributed by atoms with van der Waals surface area (Å²) in [5, 5.41) is 0. The van der Waals surface area contributed by atoms with Crippen LogP contribution in [0.25, 0.3) is 0 Å². The minimum absolute atomic E-state index is 0.192. The summed E-state index contributed by atoms with van der Waals surface area (Å²) < 4.78 is 4.70. The van der Waals surface area contributed by atoms with Crippen LogP contribution in [0.4, 0.5) is 0 Å². The van der Waals surface area contributed by atoms with E-state index in [0.717, 1.165) is 17.5 Å². The van der Waals surface area contributed by atoms with E-state index >= 15 is 0 Å². The largest absolute Gasteiger partial charge is 0.393 e. The SMILES string of the molecule is CCC(C)(c1cccc(C)c1)C1CC(=O)OC1=O. The molecule has 0 spiro atoms. The van der Waals surface area contributed by atoms with Crippen molar-refractivity contribution in [2.75, 3.05) is 0 Å². The number of carbonyl (C=O) groups is 2. The van der Waals surface area contributed by atoms with Gasteiger partial charge < -0.3 is 4.74 Å². The zero-order chi connectivity index (χ0) is 13.3. The molecule has 1 fully saturated rings. The van der Waals surface area contributed by atoms with E-state index in [0.29, 0.717) is 0 Å². The van der Waals surface area contributed by atoms with Gasteiger partial charge in [0, 0.05) is 5.41 Å². The van der Waals surface area contributed by atoms with Crippen LogP contribution in [0.5, 0.6) is 0 Å². The van der Waals surface area contributed by atoms with Crippen molar-refractivity contribution in [3.8, 4) is 0 Å². The molecule has 0 aromatic heterocycles. The molecule has 0 radical (unpaired) electrons. The molecule has 3 nitrogen and oxygen atoms in total. The Bertz CT molecular complexity index is 492. The van der Waals surface area contributed by atoms with Crippen LogP contribution in [0.15, 0.2) is 24.3 Å². The molecule has 3 heteroatoms. The third-order valence-electron chi connectivity index (χ3n) is 4.05. The van der Waals surface area contributed by atoms with Gasteiger partial charge in [-0.15, -0.1) is 0 Å². The fraction of sp³-hybridized carbons (Fsp3) is 0.467. The predicted octanol–water partition coefficient (Wildman–Crippen LogP) is 2.75. The zero-order valence-electron chi connectivity index (χ0n) is 11.0. The lowest BCUT2D eigenvalue weighted by atomic mass is 9.69. The van der Waals surface area contributed by atoms with Crippen molar-refractivity contribution in [1.82, 2.24) is 0 Å². The van der Waals surface area contributed by atoms with Crippen molar-refractivity contribution < 1.29 is 14.3 Å². The van der Waals surface area contributed by atoms with Crippen LogP contribution < -0.4 is 0 Å². The number of ether oxygens (including phenoxy) is 1. The van der Waals surface area contributed by atoms with Crippen molar-refractivity contribution in [1.29, 1.82) is 0 Å². The van der Waals surface area contributed by atoms with Crippen molar-refractivity contribution in [2.45, 2.75) is 39.0 Å². The first-order valence-electron chi connectivity index (χ1n) is 6.29. The quantitative estimate of drug-likeness (QED) is 0.608. The number of rotatable bonds is 3. The zero-order valence-corrected chi connectivity index (χ0v) is 11.0. The van der Waals surface area contributed by atoms with Crippen LogP contribution in [0.1, 0.15) is 37.8 Å². The predicted molar refractivity (Wildman–Crippen MR) is 68.0 cm³/mol. The van der Waals surface area contributed by atoms with E-state index in [-0.39, 0.29) is 23.7 Å². The average Bonchev–Trinajstić information content (AvgIpc) is 2.68. The van der Waals surface area contributed by atoms with Gasteiger partial charge in [0.05, 0.1) is 12.3 Å². The highest BCUT2D eigenvalue weighted by atomic mass is 16.6. The van der Waals surface area contributed by atoms with Gasteiger partial charge in [-0.25, -0.2) is 0 Å². The third kappa shape index (κ3) is 2.05. The molecule has 0 amide bonds. The maximum Gasteiger partial charge on any atom is 0.318 e. The van der Waals surface area contributed by atoms with E-state index in [1.165, 1.54) is 0 Å². The second-order valence-corrected chi connectivity index (χ2v) is 5.19. The Morgan fingerprint density at radius 3 is 2.61 bits per heavy atom. The summed E-state index contributed by atoms with van der Waals surface area (Å²) in [5.41, 5.74) is 1.92. The maximum atomic E-state index is 11.8. The molecule has 0 aliphatic carbocycles. The number of carbonyl (C=O) groups excluding carboxylic acids is 2. The Morgan fingerprint density at radius 1 is 1.39 bits per heavy atom. The Kier molecular flexibility index (Phi) is 3.24. The Balaban J connectivity index is 2.42. The van der Waals surface area contributed by atoms with Crippen molar-refractivity contribution in [3.05, 3.63) is 35.4 Å². The summed E-state index contributed by atoms with van der Waals surface area (Å²) in [6.07, 6.45) is 0.987. The van der Waals surface area contributed by atoms with Crippen LogP contribution in [0.3, 0.4) is 0 Å². The second-order valence-electron chi connectivity index (χ2n) is 5.19. The number of esters is 2. The molecule has 0 saturated carbocycles. The van der Waals surface area contributed by atoms with Crippen LogP contribution in [-0.4, -0.2) is 11.9 Å². The van der Waals surface area contributed by atoms with Gasteiger partial charge in [0.15, 0.2) is 0 Å². The summed E-state index contributed by atoms with van der Waals surface area (Å²) in [6.45, 7) is 6.10. The topological polar surface area (TPSA) is 43.4 Å². The smallest absolute Gasteiger partial charge is 0.318 e. The summed E-state index contributed by atoms with van der Waals surface area (Å²) in [5.74, 6) is -1.15. The van der Waals surface area contributed by atoms with Gasteiger partial charge in [-0.05, 0) is 18.9 Å². The molecule has 2 rings (SSSR count). The van der Waals surface area contributed by atoms with E-state index in [4.69, 9.17) is 4.74 Å². The van der Waals surface area contributed by atoms with E-state index in [9.17, 15) is 9.59 Å². The molecule has 1 aliphatic rings. The number of cyclic esters (lactones) is 2. The van der Waals surface area contributed by atoms with Crippen molar-refractivity contribution in [3.63, 3.8) is 0 Å². The van der Waals surface area contributed by atoms with E-state index in [1.807, 2.05) is 39.0 Å². The molecule has 18 heavy (non-hydrogen) atoms. The number of aryl methyl sites for hydroxylation is 1. The van der Waals surface area contributed by atoms with Gasteiger partial charge in [-0.3, -0.25) is 9.59 Å². The number of hydrogen-bond donors (Lipinski definition) is 0. The van der Waals surface area contributed by atoms with Gasteiger partial charge >= 0.3 is 11.9 Å². The Hall–Kier alpha value is -1.64. The summed E-state index contributed by atoms with van der Waals surface area (Å²) in [4.78, 5) is 23.1. The number of benzene rings is 1. The Labute approximate surface area is 107 Å². The van der Waals surface area contributed by atoms with Crippen molar-refractivity contribution >= 4 is 11.9 Å². The lowest BCUT2D eigenvalue weighted by Crippen LogP contribution is -2.34. The average molecular weight is 246 g/mol. The highest BCUT2D eigenvalue weighted by Gasteiger charge is 2.46. The third-order valence-corrected chi connectivity index (χ3v) is 4.05. The van der Waals surface area contributed by atoms with Gasteiger partial charge in [-0.1, -0.05) is 43.7 Å². The normalized spacial score (nSPS) is 22.7. The van der Waals surface area contributed by atoms with Crippen LogP contribution in [0.2, 0.25) is 0 Å². The first kappa shape index (κ1) is 12.8. The molecule has 1 heterocycles. The molecule has 1 aromatic rings. The first-order valence-corrected chi connectivity index (χ1v) is 6.29. The number of hydrogen-bond acceptors (Lipinski definition) is 3. The maximum absolute atomic E-state index is 11.8. The van der Waals surface area contributed by atoms with Crippen LogP contribution >= 0.6 is 0 Å². The molecular formula is C15H18O3. The molecule has 96 valence electrons. The molecule has 2 atom stereocenters. The molecule has 0 bridgehead atoms. The summed E-state index contributed by atoms with van der Waals surface area (Å²) in [7, 11) is 0. The minimum atomic E-state index is -0.405. The van der Waals surface area contributed by atoms with Gasteiger partial charge in [0.2, 0.25) is 0 Å². The van der Waals surface area contributed by atoms with E-state index in [1.54, 1.807) is 0 Å². The monoisotopic (exact) mass is 246 g/mol. The molecule has 2 unspecified atom stereocenters. The molecule has 1 aliphatic heterocycles. The first-order chi connectivity index (χ1) is 8.47.